The first-order chi connectivity index (χ1) is 13.1. The summed E-state index contributed by atoms with van der Waals surface area (Å²) < 4.78 is 5.25. The zero-order valence-corrected chi connectivity index (χ0v) is 15.0. The zero-order valence-electron chi connectivity index (χ0n) is 15.0. The Bertz CT molecular complexity index is 1360. The van der Waals surface area contributed by atoms with E-state index in [0.29, 0.717) is 5.39 Å². The summed E-state index contributed by atoms with van der Waals surface area (Å²) in [5.41, 5.74) is 5.38. The summed E-state index contributed by atoms with van der Waals surface area (Å²) in [6, 6.07) is 17.7. The lowest BCUT2D eigenvalue weighted by molar-refractivity contribution is 0.768. The molecule has 5 rings (SSSR count). The molecule has 132 valence electrons. The van der Waals surface area contributed by atoms with Crippen LogP contribution in [0.15, 0.2) is 71.8 Å². The Balaban J connectivity index is 1.83. The lowest BCUT2D eigenvalue weighted by Crippen LogP contribution is -2.19. The van der Waals surface area contributed by atoms with E-state index in [1.807, 2.05) is 78.6 Å². The van der Waals surface area contributed by atoms with Gasteiger partial charge in [0.25, 0.3) is 5.56 Å². The highest BCUT2D eigenvalue weighted by Gasteiger charge is 2.14. The minimum absolute atomic E-state index is 0.0326. The first-order valence-corrected chi connectivity index (χ1v) is 8.69. The largest absolute Gasteiger partial charge is 0.296 e. The van der Waals surface area contributed by atoms with Crippen LogP contribution in [0.3, 0.4) is 0 Å². The van der Waals surface area contributed by atoms with Crippen molar-refractivity contribution in [1.29, 1.82) is 0 Å². The van der Waals surface area contributed by atoms with Gasteiger partial charge in [0.1, 0.15) is 5.65 Å². The molecular weight excluding hydrogens is 338 g/mol. The van der Waals surface area contributed by atoms with Crippen molar-refractivity contribution >= 4 is 16.6 Å². The molecule has 5 aromatic rings. The van der Waals surface area contributed by atoms with Crippen molar-refractivity contribution < 1.29 is 0 Å². The average Bonchev–Trinajstić information content (AvgIpc) is 3.33. The zero-order chi connectivity index (χ0) is 18.5. The molecule has 6 heteroatoms. The summed E-state index contributed by atoms with van der Waals surface area (Å²) >= 11 is 0. The van der Waals surface area contributed by atoms with Gasteiger partial charge >= 0.3 is 0 Å². The predicted molar refractivity (Wildman–Crippen MR) is 106 cm³/mol. The first-order valence-electron chi connectivity index (χ1n) is 8.69. The fourth-order valence-electron chi connectivity index (χ4n) is 3.46. The van der Waals surface area contributed by atoms with Gasteiger partial charge < -0.3 is 0 Å². The average molecular weight is 355 g/mol. The van der Waals surface area contributed by atoms with Crippen LogP contribution in [-0.4, -0.2) is 24.0 Å². The summed E-state index contributed by atoms with van der Waals surface area (Å²) in [6.45, 7) is 0. The highest BCUT2D eigenvalue weighted by Crippen LogP contribution is 2.25. The van der Waals surface area contributed by atoms with E-state index in [2.05, 4.69) is 5.10 Å². The van der Waals surface area contributed by atoms with E-state index in [1.54, 1.807) is 16.3 Å². The molecule has 0 fully saturated rings. The van der Waals surface area contributed by atoms with Gasteiger partial charge in [0.05, 0.1) is 22.8 Å². The van der Waals surface area contributed by atoms with E-state index in [0.717, 1.165) is 33.5 Å². The van der Waals surface area contributed by atoms with Gasteiger partial charge in [-0.2, -0.15) is 10.2 Å². The molecule has 0 atom stereocenters. The fourth-order valence-corrected chi connectivity index (χ4v) is 3.46. The third kappa shape index (κ3) is 2.38. The number of benzene rings is 2. The maximum absolute atomic E-state index is 12.8. The summed E-state index contributed by atoms with van der Waals surface area (Å²) in [7, 11) is 3.67. The van der Waals surface area contributed by atoms with E-state index < -0.39 is 0 Å². The van der Waals surface area contributed by atoms with Crippen molar-refractivity contribution in [1.82, 2.24) is 24.0 Å². The van der Waals surface area contributed by atoms with Crippen molar-refractivity contribution in [2.75, 3.05) is 0 Å². The molecule has 2 aromatic carbocycles. The fraction of sp³-hybridized carbons (Fsp3) is 0.0952. The van der Waals surface area contributed by atoms with Crippen molar-refractivity contribution in [3.8, 4) is 22.4 Å². The topological polar surface area (TPSA) is 57.1 Å². The number of aryl methyl sites for hydroxylation is 2. The number of rotatable bonds is 2. The maximum atomic E-state index is 12.8. The Kier molecular flexibility index (Phi) is 3.27. The molecule has 0 bridgehead atoms. The standard InChI is InChI=1S/C21H17N5O/c1-24-13-16(12-22-24)15-8-9-17-19(10-15)26-20(25(2)21(17)27)11-18(23-26)14-6-4-3-5-7-14/h3-13H,1-2H3. The molecule has 3 aromatic heterocycles. The number of aromatic nitrogens is 5. The van der Waals surface area contributed by atoms with Crippen LogP contribution in [0.1, 0.15) is 0 Å². The van der Waals surface area contributed by atoms with Gasteiger partial charge in [0.15, 0.2) is 0 Å². The van der Waals surface area contributed by atoms with Gasteiger partial charge in [-0.15, -0.1) is 0 Å². The highest BCUT2D eigenvalue weighted by molar-refractivity contribution is 5.86. The molecule has 0 radical (unpaired) electrons. The van der Waals surface area contributed by atoms with E-state index >= 15 is 0 Å². The number of nitrogens with zero attached hydrogens (tertiary/aromatic N) is 5. The smallest absolute Gasteiger partial charge is 0.261 e. The molecule has 0 aliphatic rings. The quantitative estimate of drug-likeness (QED) is 0.488. The van der Waals surface area contributed by atoms with Gasteiger partial charge in [-0.25, -0.2) is 4.52 Å². The van der Waals surface area contributed by atoms with Gasteiger partial charge in [-0.05, 0) is 17.7 Å². The van der Waals surface area contributed by atoms with Gasteiger partial charge in [-0.1, -0.05) is 36.4 Å². The van der Waals surface area contributed by atoms with Crippen molar-refractivity contribution in [3.05, 3.63) is 77.3 Å². The third-order valence-corrected chi connectivity index (χ3v) is 4.90. The minimum Gasteiger partial charge on any atom is -0.296 e. The lowest BCUT2D eigenvalue weighted by Gasteiger charge is -2.07. The van der Waals surface area contributed by atoms with Crippen LogP contribution in [0, 0.1) is 0 Å². The van der Waals surface area contributed by atoms with Crippen LogP contribution in [0.5, 0.6) is 0 Å². The Morgan fingerprint density at radius 1 is 0.889 bits per heavy atom. The molecule has 0 unspecified atom stereocenters. The summed E-state index contributed by atoms with van der Waals surface area (Å²) in [5, 5.41) is 9.67. The summed E-state index contributed by atoms with van der Waals surface area (Å²) in [4.78, 5) is 12.8. The van der Waals surface area contributed by atoms with Gasteiger partial charge in [-0.3, -0.25) is 14.0 Å². The van der Waals surface area contributed by atoms with E-state index in [-0.39, 0.29) is 5.56 Å². The highest BCUT2D eigenvalue weighted by atomic mass is 16.1. The number of hydrogen-bond donors (Lipinski definition) is 0. The van der Waals surface area contributed by atoms with Crippen molar-refractivity contribution in [2.45, 2.75) is 0 Å². The normalized spacial score (nSPS) is 11.5. The second-order valence-corrected chi connectivity index (χ2v) is 6.66. The SMILES string of the molecule is Cn1cc(-c2ccc3c(=O)n(C)c4cc(-c5ccccc5)nn4c3c2)cn1. The molecule has 0 saturated heterocycles. The molecule has 0 amide bonds. The molecular formula is C21H17N5O. The molecule has 3 heterocycles. The maximum Gasteiger partial charge on any atom is 0.261 e. The third-order valence-electron chi connectivity index (χ3n) is 4.90. The number of hydrogen-bond acceptors (Lipinski definition) is 3. The molecule has 27 heavy (non-hydrogen) atoms. The second-order valence-electron chi connectivity index (χ2n) is 6.66. The van der Waals surface area contributed by atoms with Crippen LogP contribution in [0.2, 0.25) is 0 Å². The Labute approximate surface area is 154 Å². The van der Waals surface area contributed by atoms with Gasteiger partial charge in [0.2, 0.25) is 0 Å². The van der Waals surface area contributed by atoms with E-state index in [4.69, 9.17) is 5.10 Å². The van der Waals surface area contributed by atoms with Crippen LogP contribution >= 0.6 is 0 Å². The molecule has 0 N–H and O–H groups in total. The van der Waals surface area contributed by atoms with Gasteiger partial charge in [0, 0.05) is 37.5 Å². The minimum atomic E-state index is -0.0326. The monoisotopic (exact) mass is 355 g/mol. The first kappa shape index (κ1) is 15.6. The van der Waals surface area contributed by atoms with E-state index in [9.17, 15) is 4.79 Å². The Morgan fingerprint density at radius 3 is 2.44 bits per heavy atom. The van der Waals surface area contributed by atoms with E-state index in [1.165, 1.54) is 0 Å². The Hall–Kier alpha value is -3.67. The van der Waals surface area contributed by atoms with Crippen molar-refractivity contribution in [3.63, 3.8) is 0 Å². The molecule has 0 aliphatic carbocycles. The lowest BCUT2D eigenvalue weighted by atomic mass is 10.1. The predicted octanol–water partition coefficient (Wildman–Crippen LogP) is 3.25. The number of fused-ring (bicyclic) bond motifs is 3. The molecule has 0 spiro atoms. The Morgan fingerprint density at radius 2 is 1.70 bits per heavy atom. The van der Waals surface area contributed by atoms with Crippen molar-refractivity contribution in [2.24, 2.45) is 14.1 Å². The summed E-state index contributed by atoms with van der Waals surface area (Å²) in [6.07, 6.45) is 3.77. The van der Waals surface area contributed by atoms with Crippen LogP contribution in [0.4, 0.5) is 0 Å². The summed E-state index contributed by atoms with van der Waals surface area (Å²) in [5.74, 6) is 0. The molecule has 6 nitrogen and oxygen atoms in total. The molecule has 0 aliphatic heterocycles. The second kappa shape index (κ2) is 5.67. The van der Waals surface area contributed by atoms with Crippen LogP contribution < -0.4 is 5.56 Å². The van der Waals surface area contributed by atoms with Crippen LogP contribution in [0.25, 0.3) is 38.9 Å². The van der Waals surface area contributed by atoms with Crippen LogP contribution in [-0.2, 0) is 14.1 Å². The molecule has 0 saturated carbocycles.